The molecule has 1 amide bonds. The quantitative estimate of drug-likeness (QED) is 0.509. The van der Waals surface area contributed by atoms with Gasteiger partial charge in [0.05, 0.1) is 6.10 Å². The van der Waals surface area contributed by atoms with Crippen LogP contribution in [0.4, 0.5) is 0 Å². The molecular weight excluding hydrogens is 336 g/mol. The molecule has 1 heterocycles. The first kappa shape index (κ1) is 19.2. The van der Waals surface area contributed by atoms with Gasteiger partial charge in [-0.2, -0.15) is 0 Å². The summed E-state index contributed by atoms with van der Waals surface area (Å²) in [5.41, 5.74) is 3.61. The maximum Gasteiger partial charge on any atom is 0.220 e. The number of nitrogens with one attached hydrogen (secondary N) is 2. The molecule has 2 aromatic carbocycles. The Labute approximate surface area is 160 Å². The van der Waals surface area contributed by atoms with Gasteiger partial charge in [-0.3, -0.25) is 4.79 Å². The van der Waals surface area contributed by atoms with Gasteiger partial charge in [-0.1, -0.05) is 48.5 Å². The topological polar surface area (TPSA) is 54.1 Å². The number of ether oxygens (including phenoxy) is 1. The predicted octanol–water partition coefficient (Wildman–Crippen LogP) is 4.77. The summed E-state index contributed by atoms with van der Waals surface area (Å²) in [7, 11) is 0. The summed E-state index contributed by atoms with van der Waals surface area (Å²) in [5.74, 6) is 0.117. The molecule has 0 radical (unpaired) electrons. The van der Waals surface area contributed by atoms with Crippen LogP contribution >= 0.6 is 0 Å². The molecule has 142 valence electrons. The van der Waals surface area contributed by atoms with E-state index in [1.165, 1.54) is 16.5 Å². The second-order valence-electron chi connectivity index (χ2n) is 6.84. The minimum Gasteiger partial charge on any atom is -0.374 e. The summed E-state index contributed by atoms with van der Waals surface area (Å²) in [4.78, 5) is 15.3. The summed E-state index contributed by atoms with van der Waals surface area (Å²) in [6, 6.07) is 18.5. The third-order valence-corrected chi connectivity index (χ3v) is 4.80. The lowest BCUT2D eigenvalue weighted by Gasteiger charge is -2.13. The SMILES string of the molecule is CC(OCCCNC(=O)CCCc1c[nH]c2ccccc12)c1ccccc1. The van der Waals surface area contributed by atoms with E-state index < -0.39 is 0 Å². The number of rotatable bonds is 10. The number of aryl methyl sites for hydroxylation is 1. The van der Waals surface area contributed by atoms with Crippen LogP contribution in [0.25, 0.3) is 10.9 Å². The Kier molecular flexibility index (Phi) is 7.05. The summed E-state index contributed by atoms with van der Waals surface area (Å²) in [6.07, 6.45) is 5.28. The van der Waals surface area contributed by atoms with Gasteiger partial charge in [0.15, 0.2) is 0 Å². The van der Waals surface area contributed by atoms with E-state index in [4.69, 9.17) is 4.74 Å². The Balaban J connectivity index is 1.28. The van der Waals surface area contributed by atoms with Gasteiger partial charge in [0.1, 0.15) is 0 Å². The Morgan fingerprint density at radius 2 is 1.85 bits per heavy atom. The maximum absolute atomic E-state index is 12.0. The van der Waals surface area contributed by atoms with Gasteiger partial charge >= 0.3 is 0 Å². The van der Waals surface area contributed by atoms with Crippen LogP contribution in [0.5, 0.6) is 0 Å². The average molecular weight is 364 g/mol. The molecule has 0 aliphatic rings. The number of benzene rings is 2. The molecule has 3 rings (SSSR count). The first-order chi connectivity index (χ1) is 13.2. The number of amides is 1. The van der Waals surface area contributed by atoms with Crippen LogP contribution in [0.2, 0.25) is 0 Å². The first-order valence-electron chi connectivity index (χ1n) is 9.72. The van der Waals surface area contributed by atoms with E-state index in [0.717, 1.165) is 24.8 Å². The largest absolute Gasteiger partial charge is 0.374 e. The zero-order valence-corrected chi connectivity index (χ0v) is 15.9. The molecule has 0 bridgehead atoms. The van der Waals surface area contributed by atoms with Crippen LogP contribution in [0.1, 0.15) is 43.4 Å². The van der Waals surface area contributed by atoms with Gasteiger partial charge in [-0.15, -0.1) is 0 Å². The summed E-state index contributed by atoms with van der Waals surface area (Å²) in [6.45, 7) is 3.36. The second-order valence-corrected chi connectivity index (χ2v) is 6.84. The number of aromatic nitrogens is 1. The number of hydrogen-bond acceptors (Lipinski definition) is 2. The second kappa shape index (κ2) is 9.93. The molecule has 0 saturated carbocycles. The van der Waals surface area contributed by atoms with Crippen LogP contribution in [0.3, 0.4) is 0 Å². The molecule has 4 heteroatoms. The fourth-order valence-electron chi connectivity index (χ4n) is 3.25. The average Bonchev–Trinajstić information content (AvgIpc) is 3.11. The Morgan fingerprint density at radius 3 is 2.70 bits per heavy atom. The van der Waals surface area contributed by atoms with Crippen molar-refractivity contribution in [3.63, 3.8) is 0 Å². The van der Waals surface area contributed by atoms with Gasteiger partial charge in [-0.05, 0) is 43.4 Å². The Morgan fingerprint density at radius 1 is 1.07 bits per heavy atom. The van der Waals surface area contributed by atoms with Crippen molar-refractivity contribution in [2.24, 2.45) is 0 Å². The number of carbonyl (C=O) groups is 1. The minimum atomic E-state index is 0.0816. The number of para-hydroxylation sites is 1. The molecule has 1 aromatic heterocycles. The molecule has 1 unspecified atom stereocenters. The molecule has 4 nitrogen and oxygen atoms in total. The molecule has 0 fully saturated rings. The third-order valence-electron chi connectivity index (χ3n) is 4.80. The number of hydrogen-bond donors (Lipinski definition) is 2. The van der Waals surface area contributed by atoms with Crippen LogP contribution in [-0.2, 0) is 16.0 Å². The molecule has 0 aliphatic heterocycles. The molecule has 0 spiro atoms. The Hall–Kier alpha value is -2.59. The number of fused-ring (bicyclic) bond motifs is 1. The van der Waals surface area contributed by atoms with Crippen molar-refractivity contribution in [2.75, 3.05) is 13.2 Å². The summed E-state index contributed by atoms with van der Waals surface area (Å²) >= 11 is 0. The van der Waals surface area contributed by atoms with E-state index in [0.29, 0.717) is 19.6 Å². The van der Waals surface area contributed by atoms with Gasteiger partial charge in [-0.25, -0.2) is 0 Å². The molecular formula is C23H28N2O2. The van der Waals surface area contributed by atoms with E-state index in [2.05, 4.69) is 41.5 Å². The van der Waals surface area contributed by atoms with Gasteiger partial charge in [0.25, 0.3) is 0 Å². The lowest BCUT2D eigenvalue weighted by Crippen LogP contribution is -2.25. The normalized spacial score (nSPS) is 12.2. The zero-order valence-electron chi connectivity index (χ0n) is 15.9. The fourth-order valence-corrected chi connectivity index (χ4v) is 3.25. The van der Waals surface area contributed by atoms with Crippen molar-refractivity contribution in [1.29, 1.82) is 0 Å². The van der Waals surface area contributed by atoms with Crippen molar-refractivity contribution in [1.82, 2.24) is 10.3 Å². The van der Waals surface area contributed by atoms with Crippen molar-refractivity contribution in [3.05, 3.63) is 71.9 Å². The summed E-state index contributed by atoms with van der Waals surface area (Å²) < 4.78 is 5.83. The highest BCUT2D eigenvalue weighted by Crippen LogP contribution is 2.19. The highest BCUT2D eigenvalue weighted by molar-refractivity contribution is 5.83. The van der Waals surface area contributed by atoms with E-state index >= 15 is 0 Å². The van der Waals surface area contributed by atoms with Crippen LogP contribution in [0, 0.1) is 0 Å². The summed E-state index contributed by atoms with van der Waals surface area (Å²) in [5, 5.41) is 4.24. The predicted molar refractivity (Wildman–Crippen MR) is 110 cm³/mol. The zero-order chi connectivity index (χ0) is 18.9. The van der Waals surface area contributed by atoms with E-state index in [9.17, 15) is 4.79 Å². The van der Waals surface area contributed by atoms with E-state index in [-0.39, 0.29) is 12.0 Å². The monoisotopic (exact) mass is 364 g/mol. The van der Waals surface area contributed by atoms with Crippen LogP contribution in [-0.4, -0.2) is 24.0 Å². The maximum atomic E-state index is 12.0. The number of H-pyrrole nitrogens is 1. The Bertz CT molecular complexity index is 842. The van der Waals surface area contributed by atoms with Crippen molar-refractivity contribution < 1.29 is 9.53 Å². The molecule has 1 atom stereocenters. The highest BCUT2D eigenvalue weighted by atomic mass is 16.5. The molecule has 0 saturated heterocycles. The van der Waals surface area contributed by atoms with Crippen molar-refractivity contribution >= 4 is 16.8 Å². The van der Waals surface area contributed by atoms with E-state index in [1.807, 2.05) is 36.5 Å². The van der Waals surface area contributed by atoms with Gasteiger partial charge < -0.3 is 15.0 Å². The third kappa shape index (κ3) is 5.69. The van der Waals surface area contributed by atoms with Crippen LogP contribution < -0.4 is 5.32 Å². The number of aromatic amines is 1. The molecule has 2 N–H and O–H groups in total. The first-order valence-corrected chi connectivity index (χ1v) is 9.72. The lowest BCUT2D eigenvalue weighted by molar-refractivity contribution is -0.121. The smallest absolute Gasteiger partial charge is 0.220 e. The fraction of sp³-hybridized carbons (Fsp3) is 0.348. The van der Waals surface area contributed by atoms with Crippen molar-refractivity contribution in [2.45, 2.75) is 38.7 Å². The molecule has 0 aliphatic carbocycles. The molecule has 3 aromatic rings. The highest BCUT2D eigenvalue weighted by Gasteiger charge is 2.06. The molecule has 27 heavy (non-hydrogen) atoms. The van der Waals surface area contributed by atoms with Crippen molar-refractivity contribution in [3.8, 4) is 0 Å². The number of carbonyl (C=O) groups excluding carboxylic acids is 1. The minimum absolute atomic E-state index is 0.0816. The van der Waals surface area contributed by atoms with Gasteiger partial charge in [0, 0.05) is 36.7 Å². The van der Waals surface area contributed by atoms with Gasteiger partial charge in [0.2, 0.25) is 5.91 Å². The standard InChI is InChI=1S/C23H28N2O2/c1-18(19-9-3-2-4-10-19)27-16-8-15-24-23(26)14-7-11-20-17-25-22-13-6-5-12-21(20)22/h2-6,9-10,12-13,17-18,25H,7-8,11,14-16H2,1H3,(H,24,26). The van der Waals surface area contributed by atoms with Crippen LogP contribution in [0.15, 0.2) is 60.8 Å². The van der Waals surface area contributed by atoms with E-state index in [1.54, 1.807) is 0 Å². The lowest BCUT2D eigenvalue weighted by atomic mass is 10.1.